The molecule has 1 saturated heterocycles. The molecule has 1 N–H and O–H groups in total. The van der Waals surface area contributed by atoms with E-state index in [-0.39, 0.29) is 30.8 Å². The summed E-state index contributed by atoms with van der Waals surface area (Å²) < 4.78 is 46.9. The van der Waals surface area contributed by atoms with Crippen LogP contribution in [0.25, 0.3) is 11.1 Å². The Bertz CT molecular complexity index is 952. The molecule has 0 aromatic heterocycles. The molecule has 6 nitrogen and oxygen atoms in total. The summed E-state index contributed by atoms with van der Waals surface area (Å²) in [7, 11) is -2.37. The van der Waals surface area contributed by atoms with Crippen LogP contribution in [0.3, 0.4) is 0 Å². The number of rotatable bonds is 5. The van der Waals surface area contributed by atoms with E-state index in [1.54, 1.807) is 42.5 Å². The third kappa shape index (κ3) is 3.68. The third-order valence-corrected chi connectivity index (χ3v) is 6.74. The van der Waals surface area contributed by atoms with Gasteiger partial charge in [-0.15, -0.1) is 0 Å². The van der Waals surface area contributed by atoms with Crippen molar-refractivity contribution in [2.75, 3.05) is 20.2 Å². The molecule has 0 atom stereocenters. The Morgan fingerprint density at radius 3 is 2.44 bits per heavy atom. The van der Waals surface area contributed by atoms with Crippen LogP contribution in [-0.2, 0) is 14.8 Å². The van der Waals surface area contributed by atoms with Gasteiger partial charge in [0.2, 0.25) is 15.7 Å². The van der Waals surface area contributed by atoms with Gasteiger partial charge in [-0.3, -0.25) is 0 Å². The maximum atomic E-state index is 14.3. The zero-order valence-corrected chi connectivity index (χ0v) is 15.6. The average Bonchev–Trinajstić information content (AvgIpc) is 2.68. The van der Waals surface area contributed by atoms with Gasteiger partial charge in [0, 0.05) is 31.5 Å². The summed E-state index contributed by atoms with van der Waals surface area (Å²) in [6.45, 7) is -0.366. The second kappa shape index (κ2) is 7.28. The smallest absolute Gasteiger partial charge is 0.341 e. The van der Waals surface area contributed by atoms with Crippen LogP contribution >= 0.6 is 0 Å². The monoisotopic (exact) mass is 393 g/mol. The first-order chi connectivity index (χ1) is 12.8. The van der Waals surface area contributed by atoms with E-state index in [1.165, 1.54) is 13.2 Å². The van der Waals surface area contributed by atoms with E-state index in [4.69, 9.17) is 9.84 Å². The first-order valence-electron chi connectivity index (χ1n) is 8.44. The Kier molecular flexibility index (Phi) is 5.21. The van der Waals surface area contributed by atoms with Crippen LogP contribution in [0.1, 0.15) is 12.8 Å². The van der Waals surface area contributed by atoms with Gasteiger partial charge in [0.05, 0.1) is 12.0 Å². The lowest BCUT2D eigenvalue weighted by Crippen LogP contribution is -2.48. The fourth-order valence-corrected chi connectivity index (χ4v) is 4.81. The molecule has 0 saturated carbocycles. The van der Waals surface area contributed by atoms with Gasteiger partial charge in [0.25, 0.3) is 0 Å². The topological polar surface area (TPSA) is 83.9 Å². The minimum atomic E-state index is -3.90. The molecule has 1 aliphatic heterocycles. The number of aliphatic carboxylic acids is 1. The van der Waals surface area contributed by atoms with Crippen LogP contribution in [-0.4, -0.2) is 49.7 Å². The lowest BCUT2D eigenvalue weighted by Gasteiger charge is -2.33. The lowest BCUT2D eigenvalue weighted by atomic mass is 9.95. The summed E-state index contributed by atoms with van der Waals surface area (Å²) in [5.74, 6) is -0.947. The molecular weight excluding hydrogens is 373 g/mol. The van der Waals surface area contributed by atoms with Crippen molar-refractivity contribution in [1.29, 1.82) is 0 Å². The number of alkyl halides is 1. The quantitative estimate of drug-likeness (QED) is 0.844. The van der Waals surface area contributed by atoms with Crippen molar-refractivity contribution in [3.63, 3.8) is 0 Å². The fourth-order valence-electron chi connectivity index (χ4n) is 3.15. The van der Waals surface area contributed by atoms with Crippen LogP contribution in [0.4, 0.5) is 4.39 Å². The highest BCUT2D eigenvalue weighted by Crippen LogP contribution is 2.34. The van der Waals surface area contributed by atoms with Crippen LogP contribution in [0.5, 0.6) is 5.75 Å². The number of carboxylic acid groups (broad SMARTS) is 1. The molecule has 0 aliphatic carbocycles. The van der Waals surface area contributed by atoms with Gasteiger partial charge < -0.3 is 9.84 Å². The fraction of sp³-hybridized carbons (Fsp3) is 0.316. The number of methoxy groups -OCH3 is 1. The summed E-state index contributed by atoms with van der Waals surface area (Å²) in [5.41, 5.74) is -1.19. The highest BCUT2D eigenvalue weighted by molar-refractivity contribution is 7.89. The molecule has 0 radical (unpaired) electrons. The number of piperidine rings is 1. The van der Waals surface area contributed by atoms with Gasteiger partial charge in [-0.25, -0.2) is 17.6 Å². The average molecular weight is 393 g/mol. The van der Waals surface area contributed by atoms with Crippen molar-refractivity contribution in [1.82, 2.24) is 4.31 Å². The van der Waals surface area contributed by atoms with Crippen molar-refractivity contribution >= 4 is 16.0 Å². The molecule has 0 spiro atoms. The predicted molar refractivity (Wildman–Crippen MR) is 97.9 cm³/mol. The number of nitrogens with zero attached hydrogens (tertiary/aromatic N) is 1. The van der Waals surface area contributed by atoms with Crippen molar-refractivity contribution in [3.05, 3.63) is 48.5 Å². The molecule has 2 aromatic carbocycles. The lowest BCUT2D eigenvalue weighted by molar-refractivity contribution is -0.153. The van der Waals surface area contributed by atoms with E-state index in [0.29, 0.717) is 16.9 Å². The van der Waals surface area contributed by atoms with E-state index < -0.39 is 21.7 Å². The molecule has 1 aliphatic rings. The van der Waals surface area contributed by atoms with Crippen molar-refractivity contribution in [2.24, 2.45) is 0 Å². The molecule has 1 fully saturated rings. The minimum absolute atomic E-state index is 0.0972. The Morgan fingerprint density at radius 1 is 1.15 bits per heavy atom. The van der Waals surface area contributed by atoms with E-state index in [9.17, 15) is 17.6 Å². The largest absolute Gasteiger partial charge is 0.497 e. The molecule has 3 rings (SSSR count). The molecule has 144 valence electrons. The third-order valence-electron chi connectivity index (χ3n) is 4.78. The molecular formula is C19H20FNO5S. The van der Waals surface area contributed by atoms with Crippen LogP contribution in [0.15, 0.2) is 53.4 Å². The summed E-state index contributed by atoms with van der Waals surface area (Å²) >= 11 is 0. The van der Waals surface area contributed by atoms with Crippen molar-refractivity contribution in [3.8, 4) is 16.9 Å². The number of carbonyl (C=O) groups is 1. The first-order valence-corrected chi connectivity index (χ1v) is 9.88. The van der Waals surface area contributed by atoms with E-state index >= 15 is 0 Å². The summed E-state index contributed by atoms with van der Waals surface area (Å²) in [6.07, 6.45) is -0.744. The van der Waals surface area contributed by atoms with Gasteiger partial charge in [-0.2, -0.15) is 4.31 Å². The van der Waals surface area contributed by atoms with Crippen LogP contribution in [0.2, 0.25) is 0 Å². The first kappa shape index (κ1) is 19.3. The van der Waals surface area contributed by atoms with Crippen LogP contribution < -0.4 is 4.74 Å². The zero-order chi connectivity index (χ0) is 19.7. The number of sulfonamides is 1. The van der Waals surface area contributed by atoms with Crippen LogP contribution in [0, 0.1) is 0 Å². The number of hydrogen-bond acceptors (Lipinski definition) is 4. The maximum Gasteiger partial charge on any atom is 0.341 e. The number of hydrogen-bond donors (Lipinski definition) is 1. The molecule has 8 heteroatoms. The number of ether oxygens (including phenoxy) is 1. The normalized spacial score (nSPS) is 17.4. The zero-order valence-electron chi connectivity index (χ0n) is 14.8. The Hall–Kier alpha value is -2.45. The Balaban J connectivity index is 1.96. The number of halogens is 1. The van der Waals surface area contributed by atoms with Crippen molar-refractivity contribution < 1.29 is 27.4 Å². The molecule has 0 amide bonds. The van der Waals surface area contributed by atoms with E-state index in [1.807, 2.05) is 0 Å². The maximum absolute atomic E-state index is 14.3. The summed E-state index contributed by atoms with van der Waals surface area (Å²) in [6, 6.07) is 13.6. The van der Waals surface area contributed by atoms with Crippen molar-refractivity contribution in [2.45, 2.75) is 23.4 Å². The summed E-state index contributed by atoms with van der Waals surface area (Å²) in [4.78, 5) is 11.1. The highest BCUT2D eigenvalue weighted by Gasteiger charge is 2.44. The molecule has 27 heavy (non-hydrogen) atoms. The second-order valence-electron chi connectivity index (χ2n) is 6.40. The minimum Gasteiger partial charge on any atom is -0.497 e. The number of benzene rings is 2. The van der Waals surface area contributed by atoms with E-state index in [0.717, 1.165) is 4.31 Å². The molecule has 2 aromatic rings. The van der Waals surface area contributed by atoms with Gasteiger partial charge in [-0.05, 0) is 23.8 Å². The van der Waals surface area contributed by atoms with E-state index in [2.05, 4.69) is 0 Å². The van der Waals surface area contributed by atoms with Gasteiger partial charge in [0.15, 0.2) is 0 Å². The Labute approximate surface area is 157 Å². The molecule has 1 heterocycles. The van der Waals surface area contributed by atoms with Gasteiger partial charge in [-0.1, -0.05) is 30.3 Å². The summed E-state index contributed by atoms with van der Waals surface area (Å²) in [5, 5.41) is 8.99. The molecule has 0 bridgehead atoms. The van der Waals surface area contributed by atoms with Gasteiger partial charge in [0.1, 0.15) is 5.75 Å². The second-order valence-corrected chi connectivity index (χ2v) is 8.31. The Morgan fingerprint density at radius 2 is 1.81 bits per heavy atom. The SMILES string of the molecule is COc1cccc(-c2ccccc2S(=O)(=O)N2CCC(F)(C(=O)O)CC2)c1. The van der Waals surface area contributed by atoms with Gasteiger partial charge >= 0.3 is 5.97 Å². The predicted octanol–water partition coefficient (Wildman–Crippen LogP) is 2.94. The highest BCUT2D eigenvalue weighted by atomic mass is 32.2. The standard InChI is InChI=1S/C19H20FNO5S/c1-26-15-6-4-5-14(13-15)16-7-2-3-8-17(16)27(24,25)21-11-9-19(20,10-12-21)18(22)23/h2-8,13H,9-12H2,1H3,(H,22,23). The number of carboxylic acids is 1. The molecule has 0 unspecified atom stereocenters.